The number of nitrogens with one attached hydrogen (secondary N) is 2. The SMILES string of the molecule is Cc1cc(NCCNC(=S)/C=C/C(C)C)c2ccccc2n1. The highest BCUT2D eigenvalue weighted by Gasteiger charge is 2.02. The first-order chi connectivity index (χ1) is 10.6. The van der Waals surface area contributed by atoms with Gasteiger partial charge in [-0.2, -0.15) is 0 Å². The van der Waals surface area contributed by atoms with Crippen molar-refractivity contribution in [1.82, 2.24) is 10.3 Å². The summed E-state index contributed by atoms with van der Waals surface area (Å²) in [5.74, 6) is 0.518. The van der Waals surface area contributed by atoms with Crippen molar-refractivity contribution < 1.29 is 0 Å². The molecule has 0 aliphatic rings. The fourth-order valence-electron chi connectivity index (χ4n) is 2.18. The van der Waals surface area contributed by atoms with Gasteiger partial charge in [0, 0.05) is 29.9 Å². The molecular formula is C18H23N3S. The summed E-state index contributed by atoms with van der Waals surface area (Å²) in [7, 11) is 0. The molecule has 1 heterocycles. The minimum atomic E-state index is 0.518. The summed E-state index contributed by atoms with van der Waals surface area (Å²) in [5, 5.41) is 7.85. The van der Waals surface area contributed by atoms with Crippen LogP contribution in [0.1, 0.15) is 19.5 Å². The lowest BCUT2D eigenvalue weighted by Gasteiger charge is -2.11. The molecule has 0 amide bonds. The number of hydrogen-bond donors (Lipinski definition) is 2. The third-order valence-corrected chi connectivity index (χ3v) is 3.50. The first-order valence-corrected chi connectivity index (χ1v) is 8.03. The highest BCUT2D eigenvalue weighted by atomic mass is 32.1. The van der Waals surface area contributed by atoms with Gasteiger partial charge in [0.05, 0.1) is 10.5 Å². The van der Waals surface area contributed by atoms with Gasteiger partial charge in [0.1, 0.15) is 0 Å². The van der Waals surface area contributed by atoms with Crippen molar-refractivity contribution in [2.45, 2.75) is 20.8 Å². The summed E-state index contributed by atoms with van der Waals surface area (Å²) in [5.41, 5.74) is 3.16. The van der Waals surface area contributed by atoms with E-state index < -0.39 is 0 Å². The predicted octanol–water partition coefficient (Wildman–Crippen LogP) is 4.08. The molecule has 0 aliphatic heterocycles. The minimum absolute atomic E-state index is 0.518. The van der Waals surface area contributed by atoms with Gasteiger partial charge in [-0.15, -0.1) is 0 Å². The first kappa shape index (κ1) is 16.4. The standard InChI is InChI=1S/C18H23N3S/c1-13(2)8-9-18(22)20-11-10-19-17-12-14(3)21-16-7-5-4-6-15(16)17/h4-9,12-13H,10-11H2,1-3H3,(H,19,21)(H,20,22)/b9-8+. The van der Waals surface area contributed by atoms with Crippen LogP contribution >= 0.6 is 12.2 Å². The van der Waals surface area contributed by atoms with Crippen molar-refractivity contribution >= 4 is 33.8 Å². The molecule has 2 N–H and O–H groups in total. The quantitative estimate of drug-likeness (QED) is 0.478. The fraction of sp³-hybridized carbons (Fsp3) is 0.333. The summed E-state index contributed by atoms with van der Waals surface area (Å²) < 4.78 is 0. The van der Waals surface area contributed by atoms with E-state index in [0.29, 0.717) is 5.92 Å². The Bertz CT molecular complexity index is 677. The minimum Gasteiger partial charge on any atom is -0.383 e. The van der Waals surface area contributed by atoms with Crippen molar-refractivity contribution in [3.63, 3.8) is 0 Å². The fourth-order valence-corrected chi connectivity index (χ4v) is 2.36. The summed E-state index contributed by atoms with van der Waals surface area (Å²) in [4.78, 5) is 5.33. The Morgan fingerprint density at radius 3 is 2.82 bits per heavy atom. The summed E-state index contributed by atoms with van der Waals surface area (Å²) in [6.07, 6.45) is 4.06. The average Bonchev–Trinajstić information content (AvgIpc) is 2.49. The molecule has 3 nitrogen and oxygen atoms in total. The number of aromatic nitrogens is 1. The van der Waals surface area contributed by atoms with Crippen LogP contribution in [-0.2, 0) is 0 Å². The topological polar surface area (TPSA) is 37.0 Å². The highest BCUT2D eigenvalue weighted by Crippen LogP contribution is 2.22. The lowest BCUT2D eigenvalue weighted by atomic mass is 10.1. The van der Waals surface area contributed by atoms with Gasteiger partial charge in [-0.1, -0.05) is 50.3 Å². The summed E-state index contributed by atoms with van der Waals surface area (Å²) >= 11 is 5.26. The van der Waals surface area contributed by atoms with Crippen LogP contribution in [0.15, 0.2) is 42.5 Å². The molecule has 0 fully saturated rings. The average molecular weight is 313 g/mol. The Labute approximate surface area is 137 Å². The molecule has 4 heteroatoms. The third kappa shape index (κ3) is 4.81. The van der Waals surface area contributed by atoms with Crippen molar-refractivity contribution in [3.8, 4) is 0 Å². The van der Waals surface area contributed by atoms with Gasteiger partial charge >= 0.3 is 0 Å². The van der Waals surface area contributed by atoms with Gasteiger partial charge in [-0.25, -0.2) is 0 Å². The van der Waals surface area contributed by atoms with Gasteiger partial charge in [0.25, 0.3) is 0 Å². The molecule has 0 atom stereocenters. The van der Waals surface area contributed by atoms with E-state index in [1.165, 1.54) is 0 Å². The zero-order valence-corrected chi connectivity index (χ0v) is 14.2. The van der Waals surface area contributed by atoms with Gasteiger partial charge in [-0.3, -0.25) is 4.98 Å². The molecule has 1 aromatic heterocycles. The van der Waals surface area contributed by atoms with Crippen LogP contribution in [0.3, 0.4) is 0 Å². The number of fused-ring (bicyclic) bond motifs is 1. The molecule has 2 rings (SSSR count). The van der Waals surface area contributed by atoms with Crippen molar-refractivity contribution in [2.24, 2.45) is 5.92 Å². The van der Waals surface area contributed by atoms with Crippen molar-refractivity contribution in [3.05, 3.63) is 48.2 Å². The molecule has 0 unspecified atom stereocenters. The van der Waals surface area contributed by atoms with Gasteiger partial charge in [0.15, 0.2) is 0 Å². The Morgan fingerprint density at radius 1 is 1.27 bits per heavy atom. The van der Waals surface area contributed by atoms with E-state index in [1.807, 2.05) is 31.2 Å². The Morgan fingerprint density at radius 2 is 2.05 bits per heavy atom. The second-order valence-corrected chi connectivity index (χ2v) is 6.09. The molecule has 0 saturated carbocycles. The third-order valence-electron chi connectivity index (χ3n) is 3.22. The molecule has 0 radical (unpaired) electrons. The van der Waals surface area contributed by atoms with E-state index in [9.17, 15) is 0 Å². The number of para-hydroxylation sites is 1. The van der Waals surface area contributed by atoms with E-state index in [-0.39, 0.29) is 0 Å². The van der Waals surface area contributed by atoms with Crippen LogP contribution in [0.5, 0.6) is 0 Å². The Kier molecular flexibility index (Phi) is 5.90. The van der Waals surface area contributed by atoms with E-state index in [1.54, 1.807) is 0 Å². The monoisotopic (exact) mass is 313 g/mol. The van der Waals surface area contributed by atoms with Crippen LogP contribution in [0.2, 0.25) is 0 Å². The van der Waals surface area contributed by atoms with Gasteiger partial charge < -0.3 is 10.6 Å². The van der Waals surface area contributed by atoms with Crippen LogP contribution < -0.4 is 10.6 Å². The van der Waals surface area contributed by atoms with Crippen LogP contribution in [0.4, 0.5) is 5.69 Å². The highest BCUT2D eigenvalue weighted by molar-refractivity contribution is 7.80. The summed E-state index contributed by atoms with van der Waals surface area (Å²) in [6.45, 7) is 7.89. The first-order valence-electron chi connectivity index (χ1n) is 7.62. The second-order valence-electron chi connectivity index (χ2n) is 5.65. The molecular weight excluding hydrogens is 290 g/mol. The molecule has 22 heavy (non-hydrogen) atoms. The molecule has 2 aromatic rings. The number of benzene rings is 1. The van der Waals surface area contributed by atoms with Crippen molar-refractivity contribution in [1.29, 1.82) is 0 Å². The second kappa shape index (κ2) is 7.90. The van der Waals surface area contributed by atoms with E-state index in [4.69, 9.17) is 12.2 Å². The number of anilines is 1. The number of pyridine rings is 1. The van der Waals surface area contributed by atoms with Crippen LogP contribution in [-0.4, -0.2) is 23.1 Å². The maximum atomic E-state index is 5.26. The molecule has 0 saturated heterocycles. The zero-order valence-electron chi connectivity index (χ0n) is 13.4. The molecule has 1 aromatic carbocycles. The lowest BCUT2D eigenvalue weighted by Crippen LogP contribution is -2.26. The van der Waals surface area contributed by atoms with Crippen LogP contribution in [0.25, 0.3) is 10.9 Å². The number of nitrogens with zero attached hydrogens (tertiary/aromatic N) is 1. The molecule has 0 spiro atoms. The largest absolute Gasteiger partial charge is 0.383 e. The normalized spacial score (nSPS) is 11.3. The van der Waals surface area contributed by atoms with E-state index in [2.05, 4.69) is 47.7 Å². The van der Waals surface area contributed by atoms with E-state index >= 15 is 0 Å². The number of rotatable bonds is 6. The number of thiocarbonyl (C=S) groups is 1. The van der Waals surface area contributed by atoms with Crippen LogP contribution in [0, 0.1) is 12.8 Å². The Hall–Kier alpha value is -1.94. The number of hydrogen-bond acceptors (Lipinski definition) is 3. The molecule has 0 bridgehead atoms. The van der Waals surface area contributed by atoms with E-state index in [0.717, 1.165) is 40.4 Å². The number of allylic oxidation sites excluding steroid dienone is 1. The molecule has 0 aliphatic carbocycles. The molecule has 116 valence electrons. The van der Waals surface area contributed by atoms with Gasteiger partial charge in [-0.05, 0) is 31.1 Å². The lowest BCUT2D eigenvalue weighted by molar-refractivity contribution is 0.831. The number of aryl methyl sites for hydroxylation is 1. The summed E-state index contributed by atoms with van der Waals surface area (Å²) in [6, 6.07) is 10.3. The van der Waals surface area contributed by atoms with Gasteiger partial charge in [0.2, 0.25) is 0 Å². The zero-order chi connectivity index (χ0) is 15.9. The van der Waals surface area contributed by atoms with Crippen molar-refractivity contribution in [2.75, 3.05) is 18.4 Å². The smallest absolute Gasteiger partial charge is 0.0985 e. The maximum absolute atomic E-state index is 5.26. The Balaban J connectivity index is 1.91. The maximum Gasteiger partial charge on any atom is 0.0985 e. The predicted molar refractivity (Wildman–Crippen MR) is 99.5 cm³/mol.